The van der Waals surface area contributed by atoms with Crippen molar-refractivity contribution in [3.63, 3.8) is 0 Å². The van der Waals surface area contributed by atoms with Gasteiger partial charge in [0.1, 0.15) is 0 Å². The standard InChI is InChI=1S/C42H48P2.2ClH.Ni/c1-29(2)33-13-21-37(22-14-33)43(38-23-15-34(16-24-38)30(3)4)41-11-9-10-12-42(41)44(39-25-17-35(18-26-39)31(5)6)40-27-19-36(20-28-40)32(7)8;;;/h9-32H,1-8H3;2*1H;/q;;;+2/p-2. The van der Waals surface area contributed by atoms with Crippen molar-refractivity contribution in [2.45, 2.75) is 79.1 Å². The monoisotopic (exact) mass is 742 g/mol. The predicted octanol–water partition coefficient (Wildman–Crippen LogP) is 11.1. The van der Waals surface area contributed by atoms with E-state index in [2.05, 4.69) is 177 Å². The summed E-state index contributed by atoms with van der Waals surface area (Å²) in [7, 11) is 7.88. The molecule has 0 spiro atoms. The summed E-state index contributed by atoms with van der Waals surface area (Å²) in [5, 5.41) is 8.57. The molecule has 0 bridgehead atoms. The van der Waals surface area contributed by atoms with Gasteiger partial charge >= 0.3 is 33.0 Å². The quantitative estimate of drug-likeness (QED) is 0.0987. The number of benzene rings is 5. The molecule has 0 saturated heterocycles. The Morgan fingerprint density at radius 1 is 0.362 bits per heavy atom. The van der Waals surface area contributed by atoms with Gasteiger partial charge in [0, 0.05) is 0 Å². The first-order valence-corrected chi connectivity index (χ1v) is 21.9. The van der Waals surface area contributed by atoms with Crippen molar-refractivity contribution in [2.24, 2.45) is 0 Å². The summed E-state index contributed by atoms with van der Waals surface area (Å²) in [6.07, 6.45) is 0. The molecule has 0 N–H and O–H groups in total. The van der Waals surface area contributed by atoms with Crippen molar-refractivity contribution in [3.05, 3.63) is 144 Å². The molecule has 0 aliphatic heterocycles. The topological polar surface area (TPSA) is 0 Å². The average molecular weight is 744 g/mol. The SMILES string of the molecule is CC(C)c1ccc(P(c2ccc(C(C)C)cc2)c2ccccc2P(c2ccc(C(C)C)cc2)c2ccc(C(C)C)cc2)cc1.[Cl][Ni][Cl]. The zero-order valence-electron chi connectivity index (χ0n) is 28.8. The maximum absolute atomic E-state index is 4.70. The third kappa shape index (κ3) is 9.81. The van der Waals surface area contributed by atoms with Gasteiger partial charge in [-0.15, -0.1) is 0 Å². The second kappa shape index (κ2) is 18.1. The third-order valence-corrected chi connectivity index (χ3v) is 13.8. The van der Waals surface area contributed by atoms with Crippen LogP contribution in [0.2, 0.25) is 0 Å². The second-order valence-electron chi connectivity index (χ2n) is 13.2. The molecule has 0 amide bonds. The first-order chi connectivity index (χ1) is 22.5. The van der Waals surface area contributed by atoms with E-state index in [1.807, 2.05) is 0 Å². The molecular formula is C42H48Cl2NiP2. The van der Waals surface area contributed by atoms with Crippen molar-refractivity contribution in [2.75, 3.05) is 0 Å². The Labute approximate surface area is 301 Å². The predicted molar refractivity (Wildman–Crippen MR) is 212 cm³/mol. The Hall–Kier alpha value is -1.97. The van der Waals surface area contributed by atoms with Crippen molar-refractivity contribution < 1.29 is 12.7 Å². The van der Waals surface area contributed by atoms with Crippen LogP contribution in [0.25, 0.3) is 0 Å². The van der Waals surface area contributed by atoms with E-state index in [1.165, 1.54) is 54.1 Å². The summed E-state index contributed by atoms with van der Waals surface area (Å²) < 4.78 is 0. The molecule has 5 aromatic rings. The Bertz CT molecular complexity index is 1430. The van der Waals surface area contributed by atoms with Gasteiger partial charge in [0.15, 0.2) is 0 Å². The summed E-state index contributed by atoms with van der Waals surface area (Å²) >= 11 is 0.569. The van der Waals surface area contributed by atoms with Crippen LogP contribution in [-0.2, 0) is 12.7 Å². The maximum atomic E-state index is 4.70. The number of hydrogen-bond acceptors (Lipinski definition) is 0. The van der Waals surface area contributed by atoms with Crippen LogP contribution in [-0.4, -0.2) is 0 Å². The molecule has 0 saturated carbocycles. The van der Waals surface area contributed by atoms with Gasteiger partial charge in [0.25, 0.3) is 0 Å². The van der Waals surface area contributed by atoms with Gasteiger partial charge in [0.2, 0.25) is 0 Å². The van der Waals surface area contributed by atoms with Gasteiger partial charge < -0.3 is 0 Å². The van der Waals surface area contributed by atoms with Crippen molar-refractivity contribution >= 4 is 68.1 Å². The van der Waals surface area contributed by atoms with Crippen LogP contribution in [0.15, 0.2) is 121 Å². The molecule has 0 nitrogen and oxygen atoms in total. The third-order valence-electron chi connectivity index (χ3n) is 8.64. The first kappa shape index (κ1) is 37.8. The number of hydrogen-bond donors (Lipinski definition) is 0. The van der Waals surface area contributed by atoms with Crippen LogP contribution >= 0.6 is 36.2 Å². The van der Waals surface area contributed by atoms with Gasteiger partial charge in [0.05, 0.1) is 0 Å². The minimum atomic E-state index is -0.760. The summed E-state index contributed by atoms with van der Waals surface area (Å²) in [6, 6.07) is 47.2. The average Bonchev–Trinajstić information content (AvgIpc) is 3.07. The van der Waals surface area contributed by atoms with E-state index in [0.717, 1.165) is 0 Å². The Kier molecular flexibility index (Phi) is 14.6. The molecule has 0 aliphatic rings. The fourth-order valence-corrected chi connectivity index (χ4v) is 10.9. The molecule has 250 valence electrons. The van der Waals surface area contributed by atoms with Gasteiger partial charge in [-0.2, -0.15) is 0 Å². The number of halogens is 2. The van der Waals surface area contributed by atoms with E-state index in [9.17, 15) is 0 Å². The fraction of sp³-hybridized carbons (Fsp3) is 0.286. The van der Waals surface area contributed by atoms with Crippen molar-refractivity contribution in [3.8, 4) is 0 Å². The van der Waals surface area contributed by atoms with E-state index < -0.39 is 15.8 Å². The Morgan fingerprint density at radius 3 is 0.723 bits per heavy atom. The summed E-state index contributed by atoms with van der Waals surface area (Å²) in [5.41, 5.74) is 5.57. The van der Waals surface area contributed by atoms with Crippen molar-refractivity contribution in [1.82, 2.24) is 0 Å². The van der Waals surface area contributed by atoms with Gasteiger partial charge in [-0.05, 0) is 93.6 Å². The normalized spacial score (nSPS) is 11.7. The molecule has 0 aromatic heterocycles. The van der Waals surface area contributed by atoms with E-state index >= 15 is 0 Å². The molecule has 0 fully saturated rings. The van der Waals surface area contributed by atoms with Crippen LogP contribution in [0.3, 0.4) is 0 Å². The summed E-state index contributed by atoms with van der Waals surface area (Å²) in [4.78, 5) is 0. The zero-order valence-corrected chi connectivity index (χ0v) is 33.1. The Morgan fingerprint density at radius 2 is 0.553 bits per heavy atom. The zero-order chi connectivity index (χ0) is 34.1. The molecule has 5 rings (SSSR count). The molecule has 0 aliphatic carbocycles. The van der Waals surface area contributed by atoms with Crippen molar-refractivity contribution in [1.29, 1.82) is 0 Å². The van der Waals surface area contributed by atoms with E-state index in [4.69, 9.17) is 20.4 Å². The minimum absolute atomic E-state index is 0.517. The van der Waals surface area contributed by atoms with Crippen LogP contribution in [0, 0.1) is 0 Å². The Balaban J connectivity index is 0.00000160. The molecule has 0 heterocycles. The first-order valence-electron chi connectivity index (χ1n) is 16.5. The van der Waals surface area contributed by atoms with Gasteiger partial charge in [-0.25, -0.2) is 0 Å². The molecule has 5 heteroatoms. The van der Waals surface area contributed by atoms with Crippen LogP contribution < -0.4 is 31.8 Å². The molecule has 0 radical (unpaired) electrons. The molecular weight excluding hydrogens is 696 g/mol. The van der Waals surface area contributed by atoms with Crippen LogP contribution in [0.5, 0.6) is 0 Å². The molecule has 0 atom stereocenters. The molecule has 47 heavy (non-hydrogen) atoms. The fourth-order valence-electron chi connectivity index (χ4n) is 5.73. The van der Waals surface area contributed by atoms with Gasteiger partial charge in [-0.3, -0.25) is 0 Å². The van der Waals surface area contributed by atoms with E-state index in [-0.39, 0.29) is 0 Å². The van der Waals surface area contributed by atoms with Crippen LogP contribution in [0.4, 0.5) is 0 Å². The molecule has 0 unspecified atom stereocenters. The number of rotatable bonds is 10. The van der Waals surface area contributed by atoms with Gasteiger partial charge in [-0.1, -0.05) is 177 Å². The van der Waals surface area contributed by atoms with E-state index in [0.29, 0.717) is 36.3 Å². The second-order valence-corrected chi connectivity index (χ2v) is 19.2. The summed E-state index contributed by atoms with van der Waals surface area (Å²) in [6.45, 7) is 18.2. The van der Waals surface area contributed by atoms with E-state index in [1.54, 1.807) is 0 Å². The van der Waals surface area contributed by atoms with Crippen LogP contribution in [0.1, 0.15) is 101 Å². The summed E-state index contributed by atoms with van der Waals surface area (Å²) in [5.74, 6) is 2.07. The molecule has 5 aromatic carbocycles.